The number of nitrogens with one attached hydrogen (secondary N) is 1. The van der Waals surface area contributed by atoms with Crippen LogP contribution in [0.4, 0.5) is 0 Å². The molecule has 2 amide bonds. The van der Waals surface area contributed by atoms with E-state index in [2.05, 4.69) is 10.3 Å². The van der Waals surface area contributed by atoms with Crippen molar-refractivity contribution in [2.45, 2.75) is 25.9 Å². The molecule has 1 aliphatic heterocycles. The number of rotatable bonds is 3. The standard InChI is InChI=1S/C14H16N4O2/c1-2-11-14(20)18(9-13(19)16-11)8-10-7-17-6-4-3-5-12(17)15-10/h3-7,11H,2,8-9H2,1H3,(H,16,19). The third-order valence-electron chi connectivity index (χ3n) is 3.45. The molecule has 1 unspecified atom stereocenters. The van der Waals surface area contributed by atoms with Crippen molar-refractivity contribution in [1.29, 1.82) is 0 Å². The molecule has 0 aromatic carbocycles. The molecule has 1 fully saturated rings. The number of amides is 2. The molecule has 3 heterocycles. The molecule has 0 saturated carbocycles. The van der Waals surface area contributed by atoms with Gasteiger partial charge in [0.05, 0.1) is 12.2 Å². The fourth-order valence-electron chi connectivity index (χ4n) is 2.44. The molecule has 3 rings (SSSR count). The van der Waals surface area contributed by atoms with Gasteiger partial charge in [-0.1, -0.05) is 13.0 Å². The minimum Gasteiger partial charge on any atom is -0.343 e. The lowest BCUT2D eigenvalue weighted by molar-refractivity contribution is -0.145. The van der Waals surface area contributed by atoms with Gasteiger partial charge in [0.1, 0.15) is 18.2 Å². The first-order valence-corrected chi connectivity index (χ1v) is 6.68. The zero-order valence-electron chi connectivity index (χ0n) is 11.2. The molecular weight excluding hydrogens is 256 g/mol. The summed E-state index contributed by atoms with van der Waals surface area (Å²) in [6, 6.07) is 5.33. The van der Waals surface area contributed by atoms with E-state index in [0.29, 0.717) is 13.0 Å². The lowest BCUT2D eigenvalue weighted by atomic mass is 10.1. The van der Waals surface area contributed by atoms with Crippen LogP contribution in [0.3, 0.4) is 0 Å². The average Bonchev–Trinajstić information content (AvgIpc) is 2.84. The van der Waals surface area contributed by atoms with Crippen LogP contribution in [0.1, 0.15) is 19.0 Å². The van der Waals surface area contributed by atoms with E-state index in [1.807, 2.05) is 41.9 Å². The topological polar surface area (TPSA) is 66.7 Å². The normalized spacial score (nSPS) is 19.4. The van der Waals surface area contributed by atoms with Crippen LogP contribution in [-0.2, 0) is 16.1 Å². The Balaban J connectivity index is 1.82. The zero-order chi connectivity index (χ0) is 14.1. The first kappa shape index (κ1) is 12.7. The lowest BCUT2D eigenvalue weighted by Gasteiger charge is -2.31. The molecule has 6 heteroatoms. The number of nitrogens with zero attached hydrogens (tertiary/aromatic N) is 3. The van der Waals surface area contributed by atoms with Crippen LogP contribution in [0.15, 0.2) is 30.6 Å². The van der Waals surface area contributed by atoms with Gasteiger partial charge in [-0.2, -0.15) is 0 Å². The summed E-state index contributed by atoms with van der Waals surface area (Å²) in [4.78, 5) is 29.8. The number of pyridine rings is 1. The molecule has 0 spiro atoms. The Morgan fingerprint density at radius 2 is 2.25 bits per heavy atom. The van der Waals surface area contributed by atoms with Gasteiger partial charge in [0.25, 0.3) is 0 Å². The van der Waals surface area contributed by atoms with Crippen molar-refractivity contribution in [2.75, 3.05) is 6.54 Å². The highest BCUT2D eigenvalue weighted by molar-refractivity contribution is 5.94. The number of imidazole rings is 1. The van der Waals surface area contributed by atoms with Crippen molar-refractivity contribution < 1.29 is 9.59 Å². The molecule has 1 N–H and O–H groups in total. The van der Waals surface area contributed by atoms with Gasteiger partial charge < -0.3 is 14.6 Å². The summed E-state index contributed by atoms with van der Waals surface area (Å²) in [5.74, 6) is -0.149. The second-order valence-corrected chi connectivity index (χ2v) is 4.92. The molecule has 0 bridgehead atoms. The van der Waals surface area contributed by atoms with Gasteiger partial charge in [-0.15, -0.1) is 0 Å². The quantitative estimate of drug-likeness (QED) is 0.888. The number of carbonyl (C=O) groups excluding carboxylic acids is 2. The summed E-state index contributed by atoms with van der Waals surface area (Å²) in [6.07, 6.45) is 4.40. The van der Waals surface area contributed by atoms with Crippen molar-refractivity contribution in [3.8, 4) is 0 Å². The number of hydrogen-bond donors (Lipinski definition) is 1. The smallest absolute Gasteiger partial charge is 0.245 e. The molecule has 6 nitrogen and oxygen atoms in total. The van der Waals surface area contributed by atoms with Gasteiger partial charge in [-0.05, 0) is 18.6 Å². The molecular formula is C14H16N4O2. The van der Waals surface area contributed by atoms with Crippen molar-refractivity contribution in [3.05, 3.63) is 36.3 Å². The van der Waals surface area contributed by atoms with Crippen molar-refractivity contribution in [1.82, 2.24) is 19.6 Å². The van der Waals surface area contributed by atoms with E-state index in [-0.39, 0.29) is 18.4 Å². The molecule has 1 saturated heterocycles. The van der Waals surface area contributed by atoms with Crippen LogP contribution >= 0.6 is 0 Å². The number of aromatic nitrogens is 2. The maximum Gasteiger partial charge on any atom is 0.245 e. The van der Waals surface area contributed by atoms with Crippen LogP contribution in [0.5, 0.6) is 0 Å². The lowest BCUT2D eigenvalue weighted by Crippen LogP contribution is -2.57. The maximum atomic E-state index is 12.2. The van der Waals surface area contributed by atoms with Crippen LogP contribution in [0.2, 0.25) is 0 Å². The van der Waals surface area contributed by atoms with E-state index in [4.69, 9.17) is 0 Å². The SMILES string of the molecule is CCC1NC(=O)CN(Cc2cn3ccccc3n2)C1=O. The van der Waals surface area contributed by atoms with Gasteiger partial charge in [0.2, 0.25) is 11.8 Å². The Bertz CT molecular complexity index is 631. The summed E-state index contributed by atoms with van der Waals surface area (Å²) in [5.41, 5.74) is 1.62. The first-order valence-electron chi connectivity index (χ1n) is 6.68. The van der Waals surface area contributed by atoms with E-state index in [1.54, 1.807) is 4.90 Å². The third-order valence-corrected chi connectivity index (χ3v) is 3.45. The Labute approximate surface area is 116 Å². The number of hydrogen-bond acceptors (Lipinski definition) is 3. The fourth-order valence-corrected chi connectivity index (χ4v) is 2.44. The van der Waals surface area contributed by atoms with Gasteiger partial charge in [0.15, 0.2) is 0 Å². The first-order chi connectivity index (χ1) is 9.67. The predicted molar refractivity (Wildman–Crippen MR) is 72.8 cm³/mol. The van der Waals surface area contributed by atoms with Crippen molar-refractivity contribution in [2.24, 2.45) is 0 Å². The largest absolute Gasteiger partial charge is 0.343 e. The minimum atomic E-state index is -0.409. The molecule has 104 valence electrons. The Hall–Kier alpha value is -2.37. The number of carbonyl (C=O) groups is 2. The monoisotopic (exact) mass is 272 g/mol. The molecule has 2 aromatic heterocycles. The fraction of sp³-hybridized carbons (Fsp3) is 0.357. The van der Waals surface area contributed by atoms with E-state index in [9.17, 15) is 9.59 Å². The predicted octanol–water partition coefficient (Wildman–Crippen LogP) is 0.571. The van der Waals surface area contributed by atoms with Gasteiger partial charge in [-0.3, -0.25) is 9.59 Å². The summed E-state index contributed by atoms with van der Waals surface area (Å²) >= 11 is 0. The summed E-state index contributed by atoms with van der Waals surface area (Å²) in [5, 5.41) is 2.70. The van der Waals surface area contributed by atoms with E-state index in [0.717, 1.165) is 11.3 Å². The van der Waals surface area contributed by atoms with Crippen LogP contribution < -0.4 is 5.32 Å². The van der Waals surface area contributed by atoms with E-state index in [1.165, 1.54) is 0 Å². The molecule has 0 radical (unpaired) electrons. The number of fused-ring (bicyclic) bond motifs is 1. The second kappa shape index (κ2) is 4.96. The second-order valence-electron chi connectivity index (χ2n) is 4.92. The number of piperazine rings is 1. The van der Waals surface area contributed by atoms with Gasteiger partial charge >= 0.3 is 0 Å². The molecule has 1 atom stereocenters. The van der Waals surface area contributed by atoms with E-state index >= 15 is 0 Å². The Kier molecular flexibility index (Phi) is 3.14. The average molecular weight is 272 g/mol. The van der Waals surface area contributed by atoms with E-state index < -0.39 is 6.04 Å². The van der Waals surface area contributed by atoms with Gasteiger partial charge in [0, 0.05) is 12.4 Å². The molecule has 2 aromatic rings. The Morgan fingerprint density at radius 3 is 3.00 bits per heavy atom. The summed E-state index contributed by atoms with van der Waals surface area (Å²) in [7, 11) is 0. The van der Waals surface area contributed by atoms with Crippen molar-refractivity contribution >= 4 is 17.5 Å². The van der Waals surface area contributed by atoms with Crippen LogP contribution in [-0.4, -0.2) is 38.7 Å². The highest BCUT2D eigenvalue weighted by Crippen LogP contribution is 2.11. The zero-order valence-corrected chi connectivity index (χ0v) is 11.2. The minimum absolute atomic E-state index is 0.0378. The Morgan fingerprint density at radius 1 is 1.40 bits per heavy atom. The summed E-state index contributed by atoms with van der Waals surface area (Å²) < 4.78 is 1.90. The third kappa shape index (κ3) is 2.24. The highest BCUT2D eigenvalue weighted by atomic mass is 16.2. The maximum absolute atomic E-state index is 12.2. The van der Waals surface area contributed by atoms with Gasteiger partial charge in [-0.25, -0.2) is 4.98 Å². The van der Waals surface area contributed by atoms with Crippen LogP contribution in [0, 0.1) is 0 Å². The van der Waals surface area contributed by atoms with Crippen molar-refractivity contribution in [3.63, 3.8) is 0 Å². The highest BCUT2D eigenvalue weighted by Gasteiger charge is 2.31. The van der Waals surface area contributed by atoms with Crippen LogP contribution in [0.25, 0.3) is 5.65 Å². The molecule has 0 aliphatic carbocycles. The molecule has 20 heavy (non-hydrogen) atoms. The summed E-state index contributed by atoms with van der Waals surface area (Å²) in [6.45, 7) is 2.35. The molecule has 1 aliphatic rings.